The van der Waals surface area contributed by atoms with Crippen molar-refractivity contribution in [1.29, 1.82) is 0 Å². The fourth-order valence-corrected chi connectivity index (χ4v) is 1.36. The summed E-state index contributed by atoms with van der Waals surface area (Å²) in [7, 11) is 0. The monoisotopic (exact) mass is 183 g/mol. The van der Waals surface area contributed by atoms with Gasteiger partial charge in [0.25, 0.3) is 0 Å². The fourth-order valence-electron chi connectivity index (χ4n) is 1.36. The Hall–Kier alpha value is -0.780. The zero-order valence-corrected chi connectivity index (χ0v) is 6.06. The average molecular weight is 183 g/mol. The Morgan fingerprint density at radius 2 is 1.92 bits per heavy atom. The molecule has 1 aliphatic rings. The molecule has 1 saturated carbocycles. The molecule has 0 aliphatic heterocycles. The number of aliphatic carboxylic acids is 1. The molecule has 0 heterocycles. The summed E-state index contributed by atoms with van der Waals surface area (Å²) >= 11 is 0. The minimum Gasteiger partial charge on any atom is -0.481 e. The van der Waals surface area contributed by atoms with Crippen LogP contribution in [0.25, 0.3) is 0 Å². The van der Waals surface area contributed by atoms with E-state index in [1.165, 1.54) is 0 Å². The summed E-state index contributed by atoms with van der Waals surface area (Å²) in [5.41, 5.74) is 2.55. The van der Waals surface area contributed by atoms with Crippen molar-refractivity contribution < 1.29 is 23.1 Å². The highest BCUT2D eigenvalue weighted by Crippen LogP contribution is 2.52. The van der Waals surface area contributed by atoms with Crippen molar-refractivity contribution in [2.45, 2.75) is 25.1 Å². The van der Waals surface area contributed by atoms with E-state index in [9.17, 15) is 18.0 Å². The van der Waals surface area contributed by atoms with Crippen molar-refractivity contribution in [3.05, 3.63) is 0 Å². The van der Waals surface area contributed by atoms with Crippen LogP contribution in [0.3, 0.4) is 0 Å². The summed E-state index contributed by atoms with van der Waals surface area (Å²) in [5.74, 6) is -1.82. The lowest BCUT2D eigenvalue weighted by Gasteiger charge is -2.43. The highest BCUT2D eigenvalue weighted by atomic mass is 19.4. The van der Waals surface area contributed by atoms with Gasteiger partial charge in [-0.25, -0.2) is 0 Å². The van der Waals surface area contributed by atoms with E-state index < -0.39 is 36.4 Å². The second kappa shape index (κ2) is 2.35. The van der Waals surface area contributed by atoms with E-state index in [-0.39, 0.29) is 0 Å². The van der Waals surface area contributed by atoms with E-state index in [2.05, 4.69) is 0 Å². The van der Waals surface area contributed by atoms with E-state index in [0.29, 0.717) is 0 Å². The third-order valence-corrected chi connectivity index (χ3v) is 2.17. The van der Waals surface area contributed by atoms with E-state index in [1.54, 1.807) is 0 Å². The summed E-state index contributed by atoms with van der Waals surface area (Å²) in [6, 6.07) is -0.636. The van der Waals surface area contributed by atoms with Gasteiger partial charge in [-0.3, -0.25) is 4.79 Å². The Kier molecular flexibility index (Phi) is 1.82. The zero-order chi connectivity index (χ0) is 9.57. The minimum atomic E-state index is -4.69. The molecule has 0 radical (unpaired) electrons. The summed E-state index contributed by atoms with van der Waals surface area (Å²) in [6.07, 6.45) is -5.70. The number of hydrogen-bond donors (Lipinski definition) is 2. The van der Waals surface area contributed by atoms with Gasteiger partial charge in [0, 0.05) is 6.04 Å². The van der Waals surface area contributed by atoms with Crippen LogP contribution in [0.1, 0.15) is 12.8 Å². The molecule has 12 heavy (non-hydrogen) atoms. The molecule has 3 nitrogen and oxygen atoms in total. The Labute approximate surface area is 66.4 Å². The van der Waals surface area contributed by atoms with Crippen LogP contribution < -0.4 is 5.73 Å². The van der Waals surface area contributed by atoms with Gasteiger partial charge < -0.3 is 10.8 Å². The fraction of sp³-hybridized carbons (Fsp3) is 0.833. The minimum absolute atomic E-state index is 0.508. The zero-order valence-electron chi connectivity index (χ0n) is 6.06. The van der Waals surface area contributed by atoms with Crippen LogP contribution >= 0.6 is 0 Å². The first-order chi connectivity index (χ1) is 5.29. The van der Waals surface area contributed by atoms with Gasteiger partial charge in [-0.2, -0.15) is 13.2 Å². The highest BCUT2D eigenvalue weighted by Gasteiger charge is 2.66. The molecule has 1 rings (SSSR count). The maximum atomic E-state index is 12.1. The molecule has 0 aromatic heterocycles. The van der Waals surface area contributed by atoms with Gasteiger partial charge in [0.2, 0.25) is 0 Å². The molecule has 0 unspecified atom stereocenters. The molecule has 0 amide bonds. The maximum Gasteiger partial charge on any atom is 0.405 e. The number of nitrogens with two attached hydrogens (primary N) is 1. The molecular formula is C6H8F3NO2. The maximum absolute atomic E-state index is 12.1. The standard InChI is InChI=1S/C6H8F3NO2/c7-6(8,9)5(4(11)12)1-3(10)2-5/h3H,1-2,10H2,(H,11,12). The molecule has 6 heteroatoms. The SMILES string of the molecule is NC1CC(C(=O)O)(C(F)(F)F)C1. The van der Waals surface area contributed by atoms with Crippen molar-refractivity contribution in [3.63, 3.8) is 0 Å². The quantitative estimate of drug-likeness (QED) is 0.630. The summed E-state index contributed by atoms with van der Waals surface area (Å²) in [4.78, 5) is 10.3. The molecule has 0 aromatic carbocycles. The van der Waals surface area contributed by atoms with Crippen molar-refractivity contribution >= 4 is 5.97 Å². The van der Waals surface area contributed by atoms with Crippen LogP contribution in [-0.2, 0) is 4.79 Å². The van der Waals surface area contributed by atoms with E-state index in [1.807, 2.05) is 0 Å². The lowest BCUT2D eigenvalue weighted by molar-refractivity contribution is -0.255. The summed E-state index contributed by atoms with van der Waals surface area (Å²) < 4.78 is 36.4. The number of halogens is 3. The van der Waals surface area contributed by atoms with Crippen LogP contribution in [0, 0.1) is 5.41 Å². The van der Waals surface area contributed by atoms with Crippen LogP contribution in [0.2, 0.25) is 0 Å². The van der Waals surface area contributed by atoms with E-state index >= 15 is 0 Å². The average Bonchev–Trinajstić information content (AvgIpc) is 1.76. The van der Waals surface area contributed by atoms with E-state index in [4.69, 9.17) is 10.8 Å². The largest absolute Gasteiger partial charge is 0.481 e. The van der Waals surface area contributed by atoms with Crippen LogP contribution in [0.4, 0.5) is 13.2 Å². The molecule has 1 aliphatic carbocycles. The summed E-state index contributed by atoms with van der Waals surface area (Å²) in [5, 5.41) is 8.36. The smallest absolute Gasteiger partial charge is 0.405 e. The van der Waals surface area contributed by atoms with Gasteiger partial charge in [0.1, 0.15) is 0 Å². The molecule has 0 saturated heterocycles. The first-order valence-corrected chi connectivity index (χ1v) is 3.35. The van der Waals surface area contributed by atoms with E-state index in [0.717, 1.165) is 0 Å². The predicted molar refractivity (Wildman–Crippen MR) is 33.3 cm³/mol. The van der Waals surface area contributed by atoms with Crippen molar-refractivity contribution in [2.75, 3.05) is 0 Å². The Balaban J connectivity index is 2.84. The number of hydrogen-bond acceptors (Lipinski definition) is 2. The van der Waals surface area contributed by atoms with Gasteiger partial charge in [0.15, 0.2) is 5.41 Å². The molecular weight excluding hydrogens is 175 g/mol. The van der Waals surface area contributed by atoms with Gasteiger partial charge in [0.05, 0.1) is 0 Å². The first-order valence-electron chi connectivity index (χ1n) is 3.35. The molecule has 70 valence electrons. The van der Waals surface area contributed by atoms with Gasteiger partial charge in [-0.15, -0.1) is 0 Å². The second-order valence-corrected chi connectivity index (χ2v) is 3.05. The van der Waals surface area contributed by atoms with Crippen molar-refractivity contribution in [3.8, 4) is 0 Å². The Morgan fingerprint density at radius 1 is 1.50 bits per heavy atom. The molecule has 1 fully saturated rings. The van der Waals surface area contributed by atoms with Gasteiger partial charge in [-0.05, 0) is 12.8 Å². The van der Waals surface area contributed by atoms with Crippen molar-refractivity contribution in [2.24, 2.45) is 11.1 Å². The lowest BCUT2D eigenvalue weighted by atomic mass is 9.65. The van der Waals surface area contributed by atoms with Crippen LogP contribution in [0.15, 0.2) is 0 Å². The number of rotatable bonds is 1. The molecule has 0 atom stereocenters. The third-order valence-electron chi connectivity index (χ3n) is 2.17. The molecule has 0 bridgehead atoms. The topological polar surface area (TPSA) is 63.3 Å². The van der Waals surface area contributed by atoms with Gasteiger partial charge in [-0.1, -0.05) is 0 Å². The third kappa shape index (κ3) is 1.06. The van der Waals surface area contributed by atoms with Gasteiger partial charge >= 0.3 is 12.1 Å². The molecule has 3 N–H and O–H groups in total. The van der Waals surface area contributed by atoms with Crippen LogP contribution in [-0.4, -0.2) is 23.3 Å². The number of carboxylic acids is 1. The van der Waals surface area contributed by atoms with Crippen molar-refractivity contribution in [1.82, 2.24) is 0 Å². The number of carboxylic acid groups (broad SMARTS) is 1. The normalized spacial score (nSPS) is 35.8. The Morgan fingerprint density at radius 3 is 2.00 bits per heavy atom. The summed E-state index contributed by atoms with van der Waals surface area (Å²) in [6.45, 7) is 0. The first kappa shape index (κ1) is 9.31. The highest BCUT2D eigenvalue weighted by molar-refractivity contribution is 5.77. The Bertz CT molecular complexity index is 207. The van der Waals surface area contributed by atoms with Crippen LogP contribution in [0.5, 0.6) is 0 Å². The number of carbonyl (C=O) groups is 1. The molecule has 0 aromatic rings. The second-order valence-electron chi connectivity index (χ2n) is 3.05. The molecule has 0 spiro atoms. The predicted octanol–water partition coefficient (Wildman–Crippen LogP) is 0.741. The lowest BCUT2D eigenvalue weighted by Crippen LogP contribution is -2.58. The number of alkyl halides is 3.